The summed E-state index contributed by atoms with van der Waals surface area (Å²) >= 11 is 0. The SMILES string of the molecule is O.O=[N+]([O-])[O-].[OH-].[Zr+2]. The van der Waals surface area contributed by atoms with Gasteiger partial charge in [-0.2, -0.15) is 0 Å². The molecule has 0 rings (SSSR count). The van der Waals surface area contributed by atoms with Gasteiger partial charge in [0.25, 0.3) is 0 Å². The second-order valence-electron chi connectivity index (χ2n) is 0.224. The third-order valence-corrected chi connectivity index (χ3v) is 0. The Morgan fingerprint density at radius 3 is 1.29 bits per heavy atom. The molecule has 0 fully saturated rings. The average Bonchev–Trinajstić information content (AvgIpc) is 0.811. The molecular formula is H3NO5Zr. The Hall–Kier alpha value is 0.00312. The standard InChI is InChI=1S/NO3.2H2O.Zr/c2-1(3)4;;;/h;2*1H2;/q-1;;;+2/p-1. The van der Waals surface area contributed by atoms with Crippen LogP contribution in [0.2, 0.25) is 0 Å². The Morgan fingerprint density at radius 2 is 1.29 bits per heavy atom. The van der Waals surface area contributed by atoms with E-state index in [1.54, 1.807) is 0 Å². The van der Waals surface area contributed by atoms with Crippen LogP contribution in [0, 0.1) is 15.3 Å². The van der Waals surface area contributed by atoms with Crippen molar-refractivity contribution in [3.8, 4) is 0 Å². The molecule has 0 aliphatic carbocycles. The molecule has 7 heavy (non-hydrogen) atoms. The molecular weight excluding hydrogens is 185 g/mol. The van der Waals surface area contributed by atoms with Crippen molar-refractivity contribution in [3.05, 3.63) is 15.3 Å². The third-order valence-electron chi connectivity index (χ3n) is 0. The van der Waals surface area contributed by atoms with Crippen LogP contribution in [0.15, 0.2) is 0 Å². The van der Waals surface area contributed by atoms with Gasteiger partial charge >= 0.3 is 26.2 Å². The van der Waals surface area contributed by atoms with Crippen molar-refractivity contribution in [2.24, 2.45) is 0 Å². The van der Waals surface area contributed by atoms with Gasteiger partial charge < -0.3 is 26.3 Å². The van der Waals surface area contributed by atoms with Gasteiger partial charge in [0.1, 0.15) is 0 Å². The Morgan fingerprint density at radius 1 is 1.29 bits per heavy atom. The molecule has 0 aliphatic heterocycles. The summed E-state index contributed by atoms with van der Waals surface area (Å²) in [7, 11) is 0. The molecule has 7 heteroatoms. The number of rotatable bonds is 0. The van der Waals surface area contributed by atoms with E-state index in [0.29, 0.717) is 0 Å². The molecule has 0 aliphatic rings. The van der Waals surface area contributed by atoms with Crippen molar-refractivity contribution in [2.75, 3.05) is 0 Å². The fraction of sp³-hybridized carbons (Fsp3) is 0. The number of nitrogens with zero attached hydrogens (tertiary/aromatic N) is 1. The van der Waals surface area contributed by atoms with Gasteiger partial charge in [-0.3, -0.25) is 0 Å². The second kappa shape index (κ2) is 16.7. The fourth-order valence-electron chi connectivity index (χ4n) is 0. The predicted octanol–water partition coefficient (Wildman–Crippen LogP) is -1.24. The summed E-state index contributed by atoms with van der Waals surface area (Å²) in [5.74, 6) is 0. The molecule has 0 spiro atoms. The summed E-state index contributed by atoms with van der Waals surface area (Å²) in [6, 6.07) is 0. The number of hydrogen-bond acceptors (Lipinski definition) is 4. The van der Waals surface area contributed by atoms with Crippen LogP contribution in [0.5, 0.6) is 0 Å². The first-order valence-electron chi connectivity index (χ1n) is 0.548. The summed E-state index contributed by atoms with van der Waals surface area (Å²) in [4.78, 5) is 8.25. The number of hydrogen-bond donors (Lipinski definition) is 0. The van der Waals surface area contributed by atoms with Crippen LogP contribution in [-0.4, -0.2) is 16.0 Å². The molecule has 0 atom stereocenters. The largest absolute Gasteiger partial charge is 2.00 e. The van der Waals surface area contributed by atoms with Crippen molar-refractivity contribution < 1.29 is 42.2 Å². The third kappa shape index (κ3) is 9900000. The molecule has 0 aromatic rings. The first-order valence-corrected chi connectivity index (χ1v) is 0.548. The minimum absolute atomic E-state index is 0. The molecule has 0 saturated carbocycles. The maximum Gasteiger partial charge on any atom is 2.00 e. The van der Waals surface area contributed by atoms with Crippen LogP contribution in [0.3, 0.4) is 0 Å². The molecule has 0 aromatic carbocycles. The summed E-state index contributed by atoms with van der Waals surface area (Å²) in [5.41, 5.74) is 0. The molecule has 3 N–H and O–H groups in total. The summed E-state index contributed by atoms with van der Waals surface area (Å²) in [6.45, 7) is 0. The molecule has 0 bridgehead atoms. The van der Waals surface area contributed by atoms with Crippen molar-refractivity contribution in [1.82, 2.24) is 0 Å². The van der Waals surface area contributed by atoms with E-state index in [4.69, 9.17) is 15.3 Å². The monoisotopic (exact) mass is 187 g/mol. The van der Waals surface area contributed by atoms with E-state index < -0.39 is 5.09 Å². The second-order valence-corrected chi connectivity index (χ2v) is 0.224. The zero-order valence-corrected chi connectivity index (χ0v) is 5.58. The Bertz CT molecular complexity index is 31.1. The average molecular weight is 188 g/mol. The van der Waals surface area contributed by atoms with Crippen molar-refractivity contribution in [3.63, 3.8) is 0 Å². The van der Waals surface area contributed by atoms with E-state index in [1.807, 2.05) is 0 Å². The van der Waals surface area contributed by atoms with Gasteiger partial charge in [0.15, 0.2) is 0 Å². The van der Waals surface area contributed by atoms with E-state index in [-0.39, 0.29) is 37.2 Å². The van der Waals surface area contributed by atoms with Crippen LogP contribution >= 0.6 is 0 Å². The first-order chi connectivity index (χ1) is 1.73. The maximum absolute atomic E-state index is 8.25. The van der Waals surface area contributed by atoms with Crippen LogP contribution in [0.25, 0.3) is 0 Å². The summed E-state index contributed by atoms with van der Waals surface area (Å²) in [5, 5.41) is 14.8. The smallest absolute Gasteiger partial charge is 0.870 e. The minimum atomic E-state index is -1.75. The fourth-order valence-corrected chi connectivity index (χ4v) is 0. The summed E-state index contributed by atoms with van der Waals surface area (Å²) < 4.78 is 0. The van der Waals surface area contributed by atoms with Crippen molar-refractivity contribution >= 4 is 0 Å². The van der Waals surface area contributed by atoms with Gasteiger partial charge in [-0.25, -0.2) is 0 Å². The normalized spacial score (nSPS) is 3.43. The van der Waals surface area contributed by atoms with Gasteiger partial charge in [-0.1, -0.05) is 0 Å². The molecule has 6 nitrogen and oxygen atoms in total. The van der Waals surface area contributed by atoms with E-state index in [2.05, 4.69) is 0 Å². The maximum atomic E-state index is 8.25. The van der Waals surface area contributed by atoms with Crippen molar-refractivity contribution in [1.29, 1.82) is 0 Å². The minimum Gasteiger partial charge on any atom is -0.870 e. The van der Waals surface area contributed by atoms with Crippen LogP contribution in [0.4, 0.5) is 0 Å². The zero-order chi connectivity index (χ0) is 3.58. The van der Waals surface area contributed by atoms with E-state index >= 15 is 0 Å². The zero-order valence-electron chi connectivity index (χ0n) is 3.12. The van der Waals surface area contributed by atoms with Gasteiger partial charge in [-0.15, -0.1) is 0 Å². The van der Waals surface area contributed by atoms with Gasteiger partial charge in [0.05, 0.1) is 5.09 Å². The van der Waals surface area contributed by atoms with Crippen LogP contribution in [-0.2, 0) is 26.2 Å². The van der Waals surface area contributed by atoms with Gasteiger partial charge in [-0.05, 0) is 0 Å². The van der Waals surface area contributed by atoms with Gasteiger partial charge in [0.2, 0.25) is 0 Å². The molecule has 42 valence electrons. The quantitative estimate of drug-likeness (QED) is 0.347. The Labute approximate surface area is 58.0 Å². The van der Waals surface area contributed by atoms with Crippen molar-refractivity contribution in [2.45, 2.75) is 0 Å². The molecule has 0 radical (unpaired) electrons. The molecule has 0 amide bonds. The van der Waals surface area contributed by atoms with Gasteiger partial charge in [0, 0.05) is 0 Å². The molecule has 0 saturated heterocycles. The van der Waals surface area contributed by atoms with E-state index in [1.165, 1.54) is 0 Å². The molecule has 0 unspecified atom stereocenters. The molecule has 0 aromatic heterocycles. The first kappa shape index (κ1) is 28.0. The van der Waals surface area contributed by atoms with E-state index in [0.717, 1.165) is 0 Å². The summed E-state index contributed by atoms with van der Waals surface area (Å²) in [6.07, 6.45) is 0. The predicted molar refractivity (Wildman–Crippen MR) is 15.9 cm³/mol. The molecule has 0 heterocycles. The Kier molecular flexibility index (Phi) is 66.6. The van der Waals surface area contributed by atoms with Crippen LogP contribution in [0.1, 0.15) is 0 Å². The Balaban J connectivity index is -0.0000000150. The van der Waals surface area contributed by atoms with Crippen LogP contribution < -0.4 is 0 Å². The topological polar surface area (TPSA) is 128 Å². The van der Waals surface area contributed by atoms with E-state index in [9.17, 15) is 0 Å².